The Hall–Kier alpha value is -15.5. The van der Waals surface area contributed by atoms with Gasteiger partial charge in [0, 0.05) is 113 Å². The van der Waals surface area contributed by atoms with E-state index in [0.29, 0.717) is 32.7 Å². The molecule has 10 rings (SSSR count). The first-order valence-corrected chi connectivity index (χ1v) is 35.7. The molecule has 3 aromatic heterocycles. The molecule has 36 heteroatoms. The molecule has 20 N–H and O–H groups in total. The smallest absolute Gasteiger partial charge is 0.335 e. The summed E-state index contributed by atoms with van der Waals surface area (Å²) >= 11 is 0. The van der Waals surface area contributed by atoms with Crippen LogP contribution in [0.5, 0.6) is 0 Å². The van der Waals surface area contributed by atoms with Crippen LogP contribution in [0.1, 0.15) is 157 Å². The van der Waals surface area contributed by atoms with Crippen LogP contribution in [-0.2, 0) is 52.8 Å². The molecular weight excluding hydrogens is 1530 g/mol. The Labute approximate surface area is 658 Å². The number of carbonyl (C=O) groups excluding carboxylic acids is 5. The van der Waals surface area contributed by atoms with Gasteiger partial charge in [0.1, 0.15) is 18.1 Å². The Morgan fingerprint density at radius 1 is 0.325 bits per heavy atom. The van der Waals surface area contributed by atoms with Crippen LogP contribution >= 0.6 is 0 Å². The van der Waals surface area contributed by atoms with Gasteiger partial charge < -0.3 is 103 Å². The molecule has 0 spiro atoms. The number of aromatic carboxylic acids is 8. The lowest BCUT2D eigenvalue weighted by molar-refractivity contribution is -0.142. The fourth-order valence-corrected chi connectivity index (χ4v) is 13.8. The van der Waals surface area contributed by atoms with Gasteiger partial charge in [-0.15, -0.1) is 0 Å². The maximum Gasteiger partial charge on any atom is 0.335 e. The fraction of sp³-hybridized carbons (Fsp3) is 0.210. The molecular formula is C81H73N9O27. The quantitative estimate of drug-likeness (QED) is 0.0160. The topological polar surface area (TPSA) is 615 Å². The fourth-order valence-electron chi connectivity index (χ4n) is 13.8. The Morgan fingerprint density at radius 2 is 0.598 bits per heavy atom. The predicted molar refractivity (Wildman–Crippen MR) is 413 cm³/mol. The number of nitrogens with one attached hydrogen (secondary N) is 9. The summed E-state index contributed by atoms with van der Waals surface area (Å²) in [5, 5.41) is 128. The van der Waals surface area contributed by atoms with Crippen molar-refractivity contribution in [3.63, 3.8) is 0 Å². The van der Waals surface area contributed by atoms with E-state index in [-0.39, 0.29) is 75.5 Å². The number of para-hydroxylation sites is 3. The number of carboxylic acids is 11. The van der Waals surface area contributed by atoms with Gasteiger partial charge in [-0.25, -0.2) is 57.5 Å². The summed E-state index contributed by atoms with van der Waals surface area (Å²) in [7, 11) is 0. The Kier molecular flexibility index (Phi) is 26.1. The van der Waals surface area contributed by atoms with Crippen LogP contribution in [0.4, 0.5) is 10.5 Å². The molecule has 0 saturated carbocycles. The number of hydrogen-bond acceptors (Lipinski definition) is 16. The molecule has 3 unspecified atom stereocenters. The number of rotatable bonds is 39. The Morgan fingerprint density at radius 3 is 0.872 bits per heavy atom. The number of H-pyrrole nitrogens is 3. The third-order valence-electron chi connectivity index (χ3n) is 19.4. The summed E-state index contributed by atoms with van der Waals surface area (Å²) in [6, 6.07) is 25.0. The molecule has 0 fully saturated rings. The van der Waals surface area contributed by atoms with Crippen LogP contribution in [0.2, 0.25) is 0 Å². The number of urea groups is 1. The number of aromatic amines is 3. The molecule has 3 heterocycles. The van der Waals surface area contributed by atoms with E-state index in [1.54, 1.807) is 72.8 Å². The summed E-state index contributed by atoms with van der Waals surface area (Å²) in [5.74, 6) is -21.0. The molecule has 6 amide bonds. The van der Waals surface area contributed by atoms with Crippen molar-refractivity contribution in [1.82, 2.24) is 41.5 Å². The first-order chi connectivity index (χ1) is 55.5. The third kappa shape index (κ3) is 20.8. The highest BCUT2D eigenvalue weighted by Crippen LogP contribution is 2.38. The minimum absolute atomic E-state index is 0.00208. The second-order valence-electron chi connectivity index (χ2n) is 27.4. The van der Waals surface area contributed by atoms with Gasteiger partial charge >= 0.3 is 71.7 Å². The molecule has 0 aliphatic heterocycles. The van der Waals surface area contributed by atoms with Crippen LogP contribution in [0, 0.1) is 0 Å². The number of fused-ring (bicyclic) bond motifs is 3. The molecule has 7 aromatic carbocycles. The number of unbranched alkanes of at least 4 members (excludes halogenated alkanes) is 1. The van der Waals surface area contributed by atoms with E-state index in [4.69, 9.17) is 0 Å². The second-order valence-corrected chi connectivity index (χ2v) is 27.4. The summed E-state index contributed by atoms with van der Waals surface area (Å²) in [4.78, 5) is 219. The predicted octanol–water partition coefficient (Wildman–Crippen LogP) is 8.64. The third-order valence-corrected chi connectivity index (χ3v) is 19.4. The van der Waals surface area contributed by atoms with Crippen molar-refractivity contribution in [2.24, 2.45) is 0 Å². The van der Waals surface area contributed by atoms with Crippen LogP contribution in [0.3, 0.4) is 0 Å². The van der Waals surface area contributed by atoms with Crippen molar-refractivity contribution in [3.8, 4) is 33.8 Å². The molecule has 0 bridgehead atoms. The van der Waals surface area contributed by atoms with Gasteiger partial charge in [-0.3, -0.25) is 19.2 Å². The van der Waals surface area contributed by atoms with Gasteiger partial charge in [0.2, 0.25) is 23.6 Å². The minimum atomic E-state index is -2.04. The Bertz CT molecular complexity index is 5150. The van der Waals surface area contributed by atoms with E-state index in [1.165, 1.54) is 0 Å². The molecule has 36 nitrogen and oxygen atoms in total. The average Bonchev–Trinajstić information content (AvgIpc) is 1.64. The van der Waals surface area contributed by atoms with Gasteiger partial charge in [0.05, 0.1) is 44.5 Å². The van der Waals surface area contributed by atoms with Crippen LogP contribution in [0.15, 0.2) is 146 Å². The van der Waals surface area contributed by atoms with Gasteiger partial charge in [0.15, 0.2) is 0 Å². The van der Waals surface area contributed by atoms with E-state index >= 15 is 0 Å². The largest absolute Gasteiger partial charge is 0.480 e. The van der Waals surface area contributed by atoms with E-state index in [0.717, 1.165) is 72.8 Å². The number of aliphatic carboxylic acids is 3. The van der Waals surface area contributed by atoms with E-state index in [2.05, 4.69) is 46.9 Å². The van der Waals surface area contributed by atoms with Crippen LogP contribution in [-0.4, -0.2) is 197 Å². The van der Waals surface area contributed by atoms with Gasteiger partial charge in [0.25, 0.3) is 0 Å². The van der Waals surface area contributed by atoms with Crippen molar-refractivity contribution in [1.29, 1.82) is 0 Å². The standard InChI is InChI=1S/C81H73N9O27/c91-62(84-59(77(111)112)35-53-50-9-1-4-12-56(50)87-66(53)38-23-41(69(95)96)29-42(24-38)70(97)98)16-19-81(90-65(94)15-7-8-22-82-80(117)83-49-33-47(75(107)108)32-48(34-49)76(109)110,20-17-63(92)85-60(78(113)114)36-54-51-10-2-5-13-57(51)88-67(54)39-25-43(71(99)100)30-44(26-39)72(101)102)21-18-64(93)86-61(79(115)116)37-55-52-11-3-6-14-58(52)89-68(55)40-27-45(73(103)104)31-46(28-40)74(105)106/h1-6,9-14,23-34,59-61,87-89H,7-8,15-22,35-37H2,(H,84,91)(H,85,92)(H,86,93)(H,90,94)(H,95,96)(H,97,98)(H,99,100)(H,101,102)(H,103,104)(H,105,106)(H,107,108)(H,109,110)(H,111,112)(H,113,114)(H,115,116)(H2,82,83,117). The lowest BCUT2D eigenvalue weighted by Gasteiger charge is -2.35. The summed E-state index contributed by atoms with van der Waals surface area (Å²) < 4.78 is 0. The zero-order chi connectivity index (χ0) is 84.9. The SMILES string of the molecule is O=C(CCC(CCC(=O)NC(Cc1c(-c2cc(C(=O)O)cc(C(=O)O)c2)[nH]c2ccccc12)C(=O)O)(CCC(=O)NC(Cc1c(-c2cc(C(=O)O)cc(C(=O)O)c2)[nH]c2ccccc12)C(=O)O)NC(=O)CCCCNC(=O)Nc1cc(C(=O)O)cc(C(=O)O)c1)NC(Cc1c(-c2cc(C(=O)O)cc(C(=O)O)c2)[nH]c2ccccc12)C(=O)O. The molecule has 0 aliphatic rings. The average molecular weight is 1600 g/mol. The molecule has 117 heavy (non-hydrogen) atoms. The number of hydrogen-bond donors (Lipinski definition) is 20. The monoisotopic (exact) mass is 1600 g/mol. The number of amides is 6. The van der Waals surface area contributed by atoms with E-state index in [9.17, 15) is 133 Å². The van der Waals surface area contributed by atoms with E-state index < -0.39 is 228 Å². The van der Waals surface area contributed by atoms with Crippen molar-refractivity contribution in [2.45, 2.75) is 101 Å². The Balaban J connectivity index is 0.988. The van der Waals surface area contributed by atoms with Crippen LogP contribution < -0.4 is 31.9 Å². The number of anilines is 1. The second kappa shape index (κ2) is 36.3. The van der Waals surface area contributed by atoms with Crippen molar-refractivity contribution in [3.05, 3.63) is 207 Å². The first kappa shape index (κ1) is 83.9. The molecule has 0 saturated heterocycles. The minimum Gasteiger partial charge on any atom is -0.480 e. The number of benzene rings is 7. The summed E-state index contributed by atoms with van der Waals surface area (Å²) in [6.45, 7) is -0.191. The summed E-state index contributed by atoms with van der Waals surface area (Å²) in [6.07, 6.45) is -6.53. The van der Waals surface area contributed by atoms with Gasteiger partial charge in [-0.05, 0) is 156 Å². The van der Waals surface area contributed by atoms with Crippen LogP contribution in [0.25, 0.3) is 66.5 Å². The van der Waals surface area contributed by atoms with E-state index in [1.807, 2.05) is 0 Å². The molecule has 10 aromatic rings. The number of carboxylic acid groups (broad SMARTS) is 11. The van der Waals surface area contributed by atoms with Crippen molar-refractivity contribution in [2.75, 3.05) is 11.9 Å². The van der Waals surface area contributed by atoms with Crippen molar-refractivity contribution >= 4 is 134 Å². The normalized spacial score (nSPS) is 12.4. The van der Waals surface area contributed by atoms with Crippen molar-refractivity contribution < 1.29 is 133 Å². The lowest BCUT2D eigenvalue weighted by Crippen LogP contribution is -2.52. The maximum absolute atomic E-state index is 14.7. The number of carbonyl (C=O) groups is 16. The van der Waals surface area contributed by atoms with Gasteiger partial charge in [-0.2, -0.15) is 0 Å². The molecule has 0 radical (unpaired) electrons. The zero-order valence-corrected chi connectivity index (χ0v) is 61.2. The first-order valence-electron chi connectivity index (χ1n) is 35.7. The molecule has 0 aliphatic carbocycles. The number of aromatic nitrogens is 3. The molecule has 3 atom stereocenters. The molecule has 604 valence electrons. The lowest BCUT2D eigenvalue weighted by atomic mass is 9.82. The summed E-state index contributed by atoms with van der Waals surface area (Å²) in [5.41, 5.74) is -4.10. The van der Waals surface area contributed by atoms with Gasteiger partial charge in [-0.1, -0.05) is 54.6 Å². The highest BCUT2D eigenvalue weighted by atomic mass is 16.4. The highest BCUT2D eigenvalue weighted by Gasteiger charge is 2.37. The highest BCUT2D eigenvalue weighted by molar-refractivity contribution is 6.03. The maximum atomic E-state index is 14.7. The zero-order valence-electron chi connectivity index (χ0n) is 61.2.